The standard InChI is InChI=1S/C25H25NO3/c1-18-14-15-21(16-19(18)2)26-25(29-22-10-6-5-7-11-22)20(3)17-28-24-13-9-8-12-23(24)27-4/h5-17H,1-4H3/b20-17+,26-25?. The third kappa shape index (κ3) is 5.48. The zero-order chi connectivity index (χ0) is 20.6. The maximum Gasteiger partial charge on any atom is 0.225 e. The van der Waals surface area contributed by atoms with Gasteiger partial charge in [0, 0.05) is 5.57 Å². The van der Waals surface area contributed by atoms with Crippen molar-refractivity contribution in [1.29, 1.82) is 0 Å². The second-order valence-corrected chi connectivity index (χ2v) is 6.67. The topological polar surface area (TPSA) is 40.0 Å². The Balaban J connectivity index is 1.92. The minimum atomic E-state index is 0.467. The van der Waals surface area contributed by atoms with Gasteiger partial charge in [0.15, 0.2) is 11.5 Å². The lowest BCUT2D eigenvalue weighted by Gasteiger charge is -2.11. The Morgan fingerprint density at radius 3 is 2.21 bits per heavy atom. The van der Waals surface area contributed by atoms with Crippen molar-refractivity contribution in [3.05, 3.63) is 95.8 Å². The maximum absolute atomic E-state index is 6.07. The fourth-order valence-electron chi connectivity index (χ4n) is 2.62. The molecule has 0 N–H and O–H groups in total. The molecule has 0 bridgehead atoms. The molecule has 4 heteroatoms. The van der Waals surface area contributed by atoms with Crippen molar-refractivity contribution in [3.63, 3.8) is 0 Å². The first-order valence-electron chi connectivity index (χ1n) is 9.42. The average Bonchev–Trinajstić information content (AvgIpc) is 2.75. The molecule has 0 aromatic heterocycles. The van der Waals surface area contributed by atoms with E-state index in [4.69, 9.17) is 19.2 Å². The molecule has 3 rings (SSSR count). The number of benzene rings is 3. The predicted octanol–water partition coefficient (Wildman–Crippen LogP) is 6.40. The van der Waals surface area contributed by atoms with Crippen molar-refractivity contribution in [3.8, 4) is 17.2 Å². The van der Waals surface area contributed by atoms with Gasteiger partial charge in [0.1, 0.15) is 5.75 Å². The van der Waals surface area contributed by atoms with Crippen LogP contribution in [0, 0.1) is 13.8 Å². The van der Waals surface area contributed by atoms with Crippen LogP contribution in [0.5, 0.6) is 17.2 Å². The number of nitrogens with zero attached hydrogens (tertiary/aromatic N) is 1. The van der Waals surface area contributed by atoms with Gasteiger partial charge >= 0.3 is 0 Å². The van der Waals surface area contributed by atoms with Crippen LogP contribution in [0.1, 0.15) is 18.1 Å². The summed E-state index contributed by atoms with van der Waals surface area (Å²) in [7, 11) is 1.61. The van der Waals surface area contributed by atoms with Crippen molar-refractivity contribution in [1.82, 2.24) is 0 Å². The summed E-state index contributed by atoms with van der Waals surface area (Å²) in [4.78, 5) is 4.73. The van der Waals surface area contributed by atoms with Gasteiger partial charge in [-0.1, -0.05) is 36.4 Å². The van der Waals surface area contributed by atoms with E-state index in [1.165, 1.54) is 11.1 Å². The SMILES string of the molecule is COc1ccccc1O/C=C(\C)C(=Nc1ccc(C)c(C)c1)Oc1ccccc1. The van der Waals surface area contributed by atoms with E-state index in [-0.39, 0.29) is 0 Å². The molecule has 0 amide bonds. The molecule has 0 spiro atoms. The van der Waals surface area contributed by atoms with Crippen LogP contribution >= 0.6 is 0 Å². The van der Waals surface area contributed by atoms with E-state index < -0.39 is 0 Å². The summed E-state index contributed by atoms with van der Waals surface area (Å²) in [6.45, 7) is 6.05. The van der Waals surface area contributed by atoms with Crippen molar-refractivity contribution >= 4 is 11.6 Å². The molecule has 0 aliphatic rings. The van der Waals surface area contributed by atoms with Gasteiger partial charge in [-0.2, -0.15) is 0 Å². The molecule has 3 aromatic carbocycles. The Kier molecular flexibility index (Phi) is 6.69. The summed E-state index contributed by atoms with van der Waals surface area (Å²) in [5, 5.41) is 0. The van der Waals surface area contributed by atoms with Gasteiger partial charge in [0.05, 0.1) is 19.1 Å². The Bertz CT molecular complexity index is 1020. The van der Waals surface area contributed by atoms with Crippen LogP contribution in [0.2, 0.25) is 0 Å². The lowest BCUT2D eigenvalue weighted by Crippen LogP contribution is -2.11. The predicted molar refractivity (Wildman–Crippen MR) is 117 cm³/mol. The van der Waals surface area contributed by atoms with Gasteiger partial charge in [-0.3, -0.25) is 0 Å². The molecule has 0 heterocycles. The van der Waals surface area contributed by atoms with Crippen LogP contribution in [0.15, 0.2) is 89.6 Å². The Morgan fingerprint density at radius 2 is 1.52 bits per heavy atom. The van der Waals surface area contributed by atoms with E-state index in [1.807, 2.05) is 73.7 Å². The van der Waals surface area contributed by atoms with E-state index >= 15 is 0 Å². The quantitative estimate of drug-likeness (QED) is 0.279. The first kappa shape index (κ1) is 20.2. The summed E-state index contributed by atoms with van der Waals surface area (Å²) < 4.78 is 17.2. The second-order valence-electron chi connectivity index (χ2n) is 6.67. The first-order chi connectivity index (χ1) is 14.1. The minimum Gasteiger partial charge on any atom is -0.493 e. The number of hydrogen-bond donors (Lipinski definition) is 0. The van der Waals surface area contributed by atoms with E-state index in [0.717, 1.165) is 11.3 Å². The monoisotopic (exact) mass is 387 g/mol. The van der Waals surface area contributed by atoms with Crippen molar-refractivity contribution < 1.29 is 14.2 Å². The number of ether oxygens (including phenoxy) is 3. The molecule has 0 unspecified atom stereocenters. The van der Waals surface area contributed by atoms with Crippen LogP contribution in [0.3, 0.4) is 0 Å². The molecular weight excluding hydrogens is 362 g/mol. The maximum atomic E-state index is 6.07. The summed E-state index contributed by atoms with van der Waals surface area (Å²) in [6.07, 6.45) is 1.63. The fourth-order valence-corrected chi connectivity index (χ4v) is 2.62. The van der Waals surface area contributed by atoms with Gasteiger partial charge in [0.25, 0.3) is 0 Å². The van der Waals surface area contributed by atoms with Crippen LogP contribution in [0.4, 0.5) is 5.69 Å². The summed E-state index contributed by atoms with van der Waals surface area (Å²) >= 11 is 0. The Hall–Kier alpha value is -3.53. The van der Waals surface area contributed by atoms with Gasteiger partial charge in [-0.25, -0.2) is 4.99 Å². The fraction of sp³-hybridized carbons (Fsp3) is 0.160. The average molecular weight is 387 g/mol. The molecule has 0 aliphatic heterocycles. The lowest BCUT2D eigenvalue weighted by molar-refractivity contribution is 0.377. The summed E-state index contributed by atoms with van der Waals surface area (Å²) in [5.41, 5.74) is 3.97. The van der Waals surface area contributed by atoms with E-state index in [0.29, 0.717) is 23.1 Å². The second kappa shape index (κ2) is 9.60. The number of methoxy groups -OCH3 is 1. The molecule has 29 heavy (non-hydrogen) atoms. The van der Waals surface area contributed by atoms with Crippen LogP contribution in [0.25, 0.3) is 0 Å². The zero-order valence-electron chi connectivity index (χ0n) is 17.2. The van der Waals surface area contributed by atoms with Crippen LogP contribution in [-0.2, 0) is 0 Å². The Morgan fingerprint density at radius 1 is 0.828 bits per heavy atom. The molecule has 4 nitrogen and oxygen atoms in total. The highest BCUT2D eigenvalue weighted by Crippen LogP contribution is 2.27. The number of hydrogen-bond acceptors (Lipinski definition) is 4. The van der Waals surface area contributed by atoms with Crippen molar-refractivity contribution in [2.24, 2.45) is 4.99 Å². The Labute approximate surface area is 172 Å². The highest BCUT2D eigenvalue weighted by Gasteiger charge is 2.09. The number of aliphatic imine (C=N–C) groups is 1. The normalized spacial score (nSPS) is 11.9. The molecule has 0 atom stereocenters. The third-order valence-corrected chi connectivity index (χ3v) is 4.45. The van der Waals surface area contributed by atoms with E-state index in [1.54, 1.807) is 13.4 Å². The molecule has 0 fully saturated rings. The summed E-state index contributed by atoms with van der Waals surface area (Å²) in [6, 6.07) is 23.1. The molecular formula is C25H25NO3. The van der Waals surface area contributed by atoms with Gasteiger partial charge < -0.3 is 14.2 Å². The largest absolute Gasteiger partial charge is 0.493 e. The zero-order valence-corrected chi connectivity index (χ0v) is 17.2. The number of para-hydroxylation sites is 3. The molecule has 3 aromatic rings. The van der Waals surface area contributed by atoms with E-state index in [2.05, 4.69) is 19.9 Å². The van der Waals surface area contributed by atoms with Crippen molar-refractivity contribution in [2.45, 2.75) is 20.8 Å². The highest BCUT2D eigenvalue weighted by atomic mass is 16.5. The van der Waals surface area contributed by atoms with Crippen molar-refractivity contribution in [2.75, 3.05) is 7.11 Å². The van der Waals surface area contributed by atoms with Gasteiger partial charge in [-0.05, 0) is 68.3 Å². The highest BCUT2D eigenvalue weighted by molar-refractivity contribution is 5.96. The molecule has 0 saturated carbocycles. The lowest BCUT2D eigenvalue weighted by atomic mass is 10.1. The first-order valence-corrected chi connectivity index (χ1v) is 9.42. The number of rotatable bonds is 6. The van der Waals surface area contributed by atoms with Crippen LogP contribution < -0.4 is 14.2 Å². The smallest absolute Gasteiger partial charge is 0.225 e. The summed E-state index contributed by atoms with van der Waals surface area (Å²) in [5.74, 6) is 2.46. The molecule has 0 saturated heterocycles. The molecule has 0 aliphatic carbocycles. The van der Waals surface area contributed by atoms with E-state index in [9.17, 15) is 0 Å². The molecule has 0 radical (unpaired) electrons. The number of aryl methyl sites for hydroxylation is 2. The molecule has 148 valence electrons. The minimum absolute atomic E-state index is 0.467. The van der Waals surface area contributed by atoms with Gasteiger partial charge in [-0.15, -0.1) is 0 Å². The van der Waals surface area contributed by atoms with Crippen LogP contribution in [-0.4, -0.2) is 13.0 Å². The third-order valence-electron chi connectivity index (χ3n) is 4.45. The van der Waals surface area contributed by atoms with Gasteiger partial charge in [0.2, 0.25) is 5.90 Å².